The van der Waals surface area contributed by atoms with Crippen molar-refractivity contribution >= 4 is 41.1 Å². The Morgan fingerprint density at radius 2 is 1.88 bits per heavy atom. The number of nitrogens with zero attached hydrogens (tertiary/aromatic N) is 2. The largest absolute Gasteiger partial charge is 0.493 e. The number of ether oxygens (including phenoxy) is 5. The molecule has 1 N–H and O–H groups in total. The van der Waals surface area contributed by atoms with Crippen LogP contribution in [-0.2, 0) is 22.5 Å². The topological polar surface area (TPSA) is 135 Å². The molecule has 2 heterocycles. The Bertz CT molecular complexity index is 1470. The number of hydrogen-bond donors (Lipinski definition) is 1. The smallest absolute Gasteiger partial charge is 0.379 e. The number of carbonyl (C=O) groups is 3. The Hall–Kier alpha value is -3.90. The summed E-state index contributed by atoms with van der Waals surface area (Å²) in [6.45, 7) is 3.29. The molecule has 0 unspecified atom stereocenters. The van der Waals surface area contributed by atoms with E-state index in [0.717, 1.165) is 11.8 Å². The van der Waals surface area contributed by atoms with Crippen molar-refractivity contribution in [2.75, 3.05) is 27.6 Å². The van der Waals surface area contributed by atoms with Crippen LogP contribution in [0.15, 0.2) is 34.2 Å². The monoisotopic (exact) mass is 590 g/mol. The summed E-state index contributed by atoms with van der Waals surface area (Å²) in [6.07, 6.45) is 1.17. The fraction of sp³-hybridized carbons (Fsp3) is 0.333. The minimum absolute atomic E-state index is 0.000665. The summed E-state index contributed by atoms with van der Waals surface area (Å²) in [4.78, 5) is 43.1. The summed E-state index contributed by atoms with van der Waals surface area (Å²) in [5.74, 6) is -1.49. The zero-order valence-corrected chi connectivity index (χ0v) is 23.8. The summed E-state index contributed by atoms with van der Waals surface area (Å²) in [6, 6.07) is 6.79. The number of ketones is 1. The molecular weight excluding hydrogens is 564 g/mol. The van der Waals surface area contributed by atoms with E-state index in [1.807, 2.05) is 6.92 Å². The molecule has 4 rings (SSSR count). The molecule has 0 amide bonds. The van der Waals surface area contributed by atoms with Crippen molar-refractivity contribution in [1.82, 2.24) is 9.55 Å². The van der Waals surface area contributed by atoms with E-state index in [1.165, 1.54) is 18.8 Å². The second-order valence-corrected chi connectivity index (χ2v) is 9.89. The molecule has 11 nitrogen and oxygen atoms in total. The van der Waals surface area contributed by atoms with Gasteiger partial charge in [-0.3, -0.25) is 4.79 Å². The van der Waals surface area contributed by atoms with Gasteiger partial charge in [0.1, 0.15) is 10.9 Å². The maximum Gasteiger partial charge on any atom is 0.379 e. The van der Waals surface area contributed by atoms with Gasteiger partial charge < -0.3 is 33.4 Å². The predicted molar refractivity (Wildman–Crippen MR) is 144 cm³/mol. The Kier molecular flexibility index (Phi) is 9.10. The number of rotatable bonds is 12. The molecule has 0 radical (unpaired) electrons. The third-order valence-electron chi connectivity index (χ3n) is 5.95. The van der Waals surface area contributed by atoms with Crippen LogP contribution in [0.1, 0.15) is 52.5 Å². The number of hydrogen-bond acceptors (Lipinski definition) is 10. The number of aromatic nitrogens is 2. The normalized spacial score (nSPS) is 11.8. The molecule has 0 atom stereocenters. The average molecular weight is 591 g/mol. The van der Waals surface area contributed by atoms with Gasteiger partial charge in [0.25, 0.3) is 5.78 Å². The van der Waals surface area contributed by atoms with Gasteiger partial charge in [-0.05, 0) is 43.2 Å². The van der Waals surface area contributed by atoms with Crippen LogP contribution in [0.5, 0.6) is 23.0 Å². The van der Waals surface area contributed by atoms with Crippen molar-refractivity contribution in [1.29, 1.82) is 0 Å². The van der Waals surface area contributed by atoms with Gasteiger partial charge in [-0.1, -0.05) is 30.3 Å². The molecule has 3 aromatic rings. The summed E-state index contributed by atoms with van der Waals surface area (Å²) in [5.41, 5.74) is 0.0906. The molecule has 0 fully saturated rings. The van der Waals surface area contributed by atoms with Crippen LogP contribution in [0.4, 0.5) is 0 Å². The first-order valence-corrected chi connectivity index (χ1v) is 13.5. The Labute approximate surface area is 239 Å². The lowest BCUT2D eigenvalue weighted by molar-refractivity contribution is -0.137. The van der Waals surface area contributed by atoms with E-state index in [-0.39, 0.29) is 52.7 Å². The molecular formula is C27H27ClN2O9S. The highest BCUT2D eigenvalue weighted by Crippen LogP contribution is 2.43. The predicted octanol–water partition coefficient (Wildman–Crippen LogP) is 4.88. The fourth-order valence-corrected chi connectivity index (χ4v) is 5.45. The number of carboxylic acids is 1. The fourth-order valence-electron chi connectivity index (χ4n) is 4.19. The molecule has 1 aliphatic heterocycles. The van der Waals surface area contributed by atoms with Gasteiger partial charge in [0.05, 0.1) is 38.0 Å². The van der Waals surface area contributed by atoms with Crippen molar-refractivity contribution in [3.63, 3.8) is 0 Å². The number of methoxy groups -OCH3 is 2. The molecule has 1 aliphatic rings. The van der Waals surface area contributed by atoms with Crippen molar-refractivity contribution < 1.29 is 43.2 Å². The number of benzene rings is 2. The van der Waals surface area contributed by atoms with E-state index in [9.17, 15) is 19.5 Å². The molecule has 0 spiro atoms. The number of aryl methyl sites for hydroxylation is 1. The molecule has 13 heteroatoms. The molecule has 1 aromatic heterocycles. The number of imidazole rings is 1. The molecule has 0 aliphatic carbocycles. The van der Waals surface area contributed by atoms with Gasteiger partial charge in [-0.2, -0.15) is 0 Å². The number of esters is 1. The maximum atomic E-state index is 12.9. The number of halogens is 1. The van der Waals surface area contributed by atoms with Crippen LogP contribution in [0.25, 0.3) is 0 Å². The summed E-state index contributed by atoms with van der Waals surface area (Å²) >= 11 is 7.83. The third-order valence-corrected chi connectivity index (χ3v) is 7.35. The summed E-state index contributed by atoms with van der Waals surface area (Å²) in [5, 5.41) is 10.5. The van der Waals surface area contributed by atoms with E-state index in [4.69, 9.17) is 35.3 Å². The van der Waals surface area contributed by atoms with E-state index in [0.29, 0.717) is 40.6 Å². The first kappa shape index (κ1) is 29.1. The summed E-state index contributed by atoms with van der Waals surface area (Å²) in [7, 11) is 3.04. The summed E-state index contributed by atoms with van der Waals surface area (Å²) < 4.78 is 28.0. The molecule has 40 heavy (non-hydrogen) atoms. The van der Waals surface area contributed by atoms with Gasteiger partial charge in [0.2, 0.25) is 6.79 Å². The van der Waals surface area contributed by atoms with Gasteiger partial charge in [0.15, 0.2) is 28.7 Å². The lowest BCUT2D eigenvalue weighted by Crippen LogP contribution is -2.19. The van der Waals surface area contributed by atoms with Crippen LogP contribution in [0.2, 0.25) is 5.02 Å². The zero-order chi connectivity index (χ0) is 29.0. The highest BCUT2D eigenvalue weighted by atomic mass is 35.5. The maximum absolute atomic E-state index is 12.9. The van der Waals surface area contributed by atoms with Gasteiger partial charge in [0, 0.05) is 11.3 Å². The van der Waals surface area contributed by atoms with Crippen molar-refractivity contribution in [3.8, 4) is 23.0 Å². The van der Waals surface area contributed by atoms with Crippen LogP contribution in [0, 0.1) is 0 Å². The van der Waals surface area contributed by atoms with Gasteiger partial charge in [-0.15, -0.1) is 0 Å². The first-order valence-electron chi connectivity index (χ1n) is 12.3. The number of fused-ring (bicyclic) bond motifs is 1. The highest BCUT2D eigenvalue weighted by Gasteiger charge is 2.33. The number of Topliss-reactive ketones (excluding diaryl/α,β-unsaturated/α-hetero) is 1. The zero-order valence-electron chi connectivity index (χ0n) is 22.2. The third kappa shape index (κ3) is 5.68. The van der Waals surface area contributed by atoms with Crippen LogP contribution >= 0.6 is 23.4 Å². The van der Waals surface area contributed by atoms with E-state index in [1.54, 1.807) is 31.2 Å². The number of aromatic carboxylic acids is 1. The Morgan fingerprint density at radius 1 is 1.12 bits per heavy atom. The highest BCUT2D eigenvalue weighted by molar-refractivity contribution is 7.99. The lowest BCUT2D eigenvalue weighted by atomic mass is 10.0. The molecule has 0 saturated carbocycles. The van der Waals surface area contributed by atoms with E-state index < -0.39 is 17.7 Å². The standard InChI is InChI=1S/C27H27ClN2O9S/c1-5-7-19-29-25(40-15-8-9-16(35-3)17(11-15)36-4)22(26(32)33)30(19)12-14-10-18-24(39-13-38-18)20(21(14)28)23(31)27(34)37-6-2/h8-11H,5-7,12-13H2,1-4H3,(H,32,33). The van der Waals surface area contributed by atoms with Crippen molar-refractivity contribution in [2.24, 2.45) is 0 Å². The Balaban J connectivity index is 1.80. The van der Waals surface area contributed by atoms with Crippen molar-refractivity contribution in [2.45, 2.75) is 43.2 Å². The SMILES string of the molecule is CCCc1nc(Sc2ccc(OC)c(OC)c2)c(C(=O)O)n1Cc1cc2c(c(C(=O)C(=O)OCC)c1Cl)OCO2. The van der Waals surface area contributed by atoms with Crippen molar-refractivity contribution in [3.05, 3.63) is 51.9 Å². The van der Waals surface area contributed by atoms with Gasteiger partial charge >= 0.3 is 11.9 Å². The molecule has 0 saturated heterocycles. The van der Waals surface area contributed by atoms with E-state index >= 15 is 0 Å². The molecule has 2 aromatic carbocycles. The quantitative estimate of drug-likeness (QED) is 0.176. The molecule has 212 valence electrons. The van der Waals surface area contributed by atoms with Crippen LogP contribution in [-0.4, -0.2) is 60.0 Å². The number of carbonyl (C=O) groups excluding carboxylic acids is 2. The van der Waals surface area contributed by atoms with Crippen LogP contribution < -0.4 is 18.9 Å². The second kappa shape index (κ2) is 12.5. The Morgan fingerprint density at radius 3 is 2.52 bits per heavy atom. The first-order chi connectivity index (χ1) is 19.2. The molecule has 0 bridgehead atoms. The second-order valence-electron chi connectivity index (χ2n) is 8.45. The lowest BCUT2D eigenvalue weighted by Gasteiger charge is -2.15. The number of carboxylic acid groups (broad SMARTS) is 1. The van der Waals surface area contributed by atoms with E-state index in [2.05, 4.69) is 4.98 Å². The minimum Gasteiger partial charge on any atom is -0.493 e. The van der Waals surface area contributed by atoms with Gasteiger partial charge in [-0.25, -0.2) is 14.6 Å². The average Bonchev–Trinajstić information content (AvgIpc) is 3.53. The van der Waals surface area contributed by atoms with Crippen LogP contribution in [0.3, 0.4) is 0 Å². The minimum atomic E-state index is -1.20.